The molecule has 0 aliphatic carbocycles. The first-order chi connectivity index (χ1) is 9.56. The number of nitrogens with two attached hydrogens (primary N) is 1. The number of halogens is 1. The van der Waals surface area contributed by atoms with E-state index in [9.17, 15) is 0 Å². The Morgan fingerprint density at radius 3 is 2.70 bits per heavy atom. The van der Waals surface area contributed by atoms with Crippen LogP contribution in [0.15, 0.2) is 22.7 Å². The second kappa shape index (κ2) is 5.66. The number of rotatable bonds is 2. The molecule has 0 radical (unpaired) electrons. The summed E-state index contributed by atoms with van der Waals surface area (Å²) in [5.41, 5.74) is 8.47. The summed E-state index contributed by atoms with van der Waals surface area (Å²) < 4.78 is 1.17. The van der Waals surface area contributed by atoms with Crippen LogP contribution in [-0.4, -0.2) is 37.1 Å². The van der Waals surface area contributed by atoms with Crippen LogP contribution in [0.3, 0.4) is 0 Å². The van der Waals surface area contributed by atoms with Gasteiger partial charge in [-0.25, -0.2) is 0 Å². The van der Waals surface area contributed by atoms with Crippen molar-refractivity contribution < 1.29 is 0 Å². The molecule has 2 aliphatic heterocycles. The van der Waals surface area contributed by atoms with Gasteiger partial charge in [0.2, 0.25) is 0 Å². The molecule has 3 nitrogen and oxygen atoms in total. The highest BCUT2D eigenvalue weighted by atomic mass is 79.9. The van der Waals surface area contributed by atoms with Gasteiger partial charge < -0.3 is 10.6 Å². The molecule has 0 amide bonds. The number of benzene rings is 1. The normalized spacial score (nSPS) is 28.5. The van der Waals surface area contributed by atoms with Crippen LogP contribution in [0.1, 0.15) is 37.8 Å². The number of anilines is 1. The van der Waals surface area contributed by atoms with Crippen molar-refractivity contribution in [1.82, 2.24) is 4.90 Å². The summed E-state index contributed by atoms with van der Waals surface area (Å²) in [4.78, 5) is 5.12. The predicted octanol–water partition coefficient (Wildman–Crippen LogP) is 3.14. The highest BCUT2D eigenvalue weighted by molar-refractivity contribution is 9.10. The molecule has 2 saturated heterocycles. The number of nitrogens with zero attached hydrogens (tertiary/aromatic N) is 2. The maximum Gasteiger partial charge on any atom is 0.0511 e. The van der Waals surface area contributed by atoms with Crippen LogP contribution in [0.4, 0.5) is 5.69 Å². The highest BCUT2D eigenvalue weighted by Crippen LogP contribution is 2.34. The van der Waals surface area contributed by atoms with Gasteiger partial charge in [-0.1, -0.05) is 6.07 Å². The SMILES string of the molecule is C[C@@H](N)c1ccc(N2CCC3CCC(C2)N3C)c(Br)c1. The minimum Gasteiger partial charge on any atom is -0.369 e. The largest absolute Gasteiger partial charge is 0.369 e. The number of hydrogen-bond donors (Lipinski definition) is 1. The third-order valence-electron chi connectivity index (χ3n) is 4.99. The first-order valence-corrected chi connectivity index (χ1v) is 8.37. The van der Waals surface area contributed by atoms with Gasteiger partial charge in [-0.2, -0.15) is 0 Å². The van der Waals surface area contributed by atoms with E-state index in [1.807, 2.05) is 6.92 Å². The highest BCUT2D eigenvalue weighted by Gasteiger charge is 2.34. The average Bonchev–Trinajstić information content (AvgIpc) is 2.64. The lowest BCUT2D eigenvalue weighted by atomic mass is 10.1. The summed E-state index contributed by atoms with van der Waals surface area (Å²) >= 11 is 3.73. The molecule has 110 valence electrons. The molecule has 3 rings (SSSR count). The van der Waals surface area contributed by atoms with Gasteiger partial charge in [-0.3, -0.25) is 4.90 Å². The van der Waals surface area contributed by atoms with Crippen molar-refractivity contribution in [2.24, 2.45) is 5.73 Å². The molecule has 3 atom stereocenters. The smallest absolute Gasteiger partial charge is 0.0511 e. The van der Waals surface area contributed by atoms with Crippen molar-refractivity contribution in [2.45, 2.75) is 44.3 Å². The lowest BCUT2D eigenvalue weighted by molar-refractivity contribution is 0.254. The van der Waals surface area contributed by atoms with Gasteiger partial charge in [0.05, 0.1) is 5.69 Å². The molecule has 2 bridgehead atoms. The van der Waals surface area contributed by atoms with Crippen molar-refractivity contribution >= 4 is 21.6 Å². The summed E-state index contributed by atoms with van der Waals surface area (Å²) in [6, 6.07) is 8.15. The Morgan fingerprint density at radius 2 is 2.00 bits per heavy atom. The van der Waals surface area contributed by atoms with Gasteiger partial charge in [-0.15, -0.1) is 0 Å². The first-order valence-electron chi connectivity index (χ1n) is 7.58. The van der Waals surface area contributed by atoms with E-state index in [0.29, 0.717) is 6.04 Å². The second-order valence-electron chi connectivity index (χ2n) is 6.28. The molecule has 0 saturated carbocycles. The Balaban J connectivity index is 1.82. The van der Waals surface area contributed by atoms with E-state index in [-0.39, 0.29) is 6.04 Å². The zero-order valence-electron chi connectivity index (χ0n) is 12.3. The van der Waals surface area contributed by atoms with Gasteiger partial charge in [0.25, 0.3) is 0 Å². The molecule has 2 heterocycles. The van der Waals surface area contributed by atoms with Crippen LogP contribution in [0.25, 0.3) is 0 Å². The minimum atomic E-state index is 0.0895. The van der Waals surface area contributed by atoms with Crippen molar-refractivity contribution in [1.29, 1.82) is 0 Å². The summed E-state index contributed by atoms with van der Waals surface area (Å²) in [7, 11) is 2.29. The molecule has 0 aromatic heterocycles. The molecule has 2 aliphatic rings. The molecule has 2 N–H and O–H groups in total. The summed E-state index contributed by atoms with van der Waals surface area (Å²) in [5.74, 6) is 0. The fraction of sp³-hybridized carbons (Fsp3) is 0.625. The molecule has 1 aromatic carbocycles. The molecule has 1 aromatic rings. The van der Waals surface area contributed by atoms with E-state index in [2.05, 4.69) is 51.0 Å². The van der Waals surface area contributed by atoms with Gasteiger partial charge in [0.1, 0.15) is 0 Å². The fourth-order valence-corrected chi connectivity index (χ4v) is 4.24. The third-order valence-corrected chi connectivity index (χ3v) is 5.62. The monoisotopic (exact) mass is 337 g/mol. The second-order valence-corrected chi connectivity index (χ2v) is 7.14. The summed E-state index contributed by atoms with van der Waals surface area (Å²) in [5, 5.41) is 0. The Kier molecular flexibility index (Phi) is 4.07. The Labute approximate surface area is 130 Å². The lowest BCUT2D eigenvalue weighted by Gasteiger charge is -2.28. The van der Waals surface area contributed by atoms with E-state index in [1.165, 1.54) is 35.0 Å². The van der Waals surface area contributed by atoms with Crippen LogP contribution < -0.4 is 10.6 Å². The lowest BCUT2D eigenvalue weighted by Crippen LogP contribution is -2.36. The first kappa shape index (κ1) is 14.4. The quantitative estimate of drug-likeness (QED) is 0.899. The summed E-state index contributed by atoms with van der Waals surface area (Å²) in [6.07, 6.45) is 3.99. The molecule has 20 heavy (non-hydrogen) atoms. The number of fused-ring (bicyclic) bond motifs is 2. The summed E-state index contributed by atoms with van der Waals surface area (Å²) in [6.45, 7) is 4.33. The van der Waals surface area contributed by atoms with Gasteiger partial charge in [0.15, 0.2) is 0 Å². The fourth-order valence-electron chi connectivity index (χ4n) is 3.59. The van der Waals surface area contributed by atoms with Crippen LogP contribution in [0, 0.1) is 0 Å². The van der Waals surface area contributed by atoms with E-state index < -0.39 is 0 Å². The molecular formula is C16H24BrN3. The standard InChI is InChI=1S/C16H24BrN3/c1-11(18)12-3-6-16(15(17)9-12)20-8-7-13-4-5-14(10-20)19(13)2/h3,6,9,11,13-14H,4-5,7-8,10,18H2,1-2H3/t11-,13?,14?/m1/s1. The molecule has 4 heteroatoms. The molecule has 2 unspecified atom stereocenters. The number of hydrogen-bond acceptors (Lipinski definition) is 3. The topological polar surface area (TPSA) is 32.5 Å². The van der Waals surface area contributed by atoms with Gasteiger partial charge in [-0.05, 0) is 66.9 Å². The van der Waals surface area contributed by atoms with Crippen LogP contribution >= 0.6 is 15.9 Å². The van der Waals surface area contributed by atoms with Crippen molar-refractivity contribution in [3.63, 3.8) is 0 Å². The number of likely N-dealkylation sites (N-methyl/N-ethyl adjacent to an activating group) is 1. The third kappa shape index (κ3) is 2.61. The van der Waals surface area contributed by atoms with Gasteiger partial charge >= 0.3 is 0 Å². The molecule has 0 spiro atoms. The zero-order chi connectivity index (χ0) is 14.3. The zero-order valence-corrected chi connectivity index (χ0v) is 13.9. The average molecular weight is 338 g/mol. The maximum atomic E-state index is 5.96. The Hall–Kier alpha value is -0.580. The van der Waals surface area contributed by atoms with Gasteiger partial charge in [0, 0.05) is 35.7 Å². The Morgan fingerprint density at radius 1 is 1.25 bits per heavy atom. The van der Waals surface area contributed by atoms with Crippen molar-refractivity contribution in [2.75, 3.05) is 25.0 Å². The Bertz CT molecular complexity index is 489. The maximum absolute atomic E-state index is 5.96. The van der Waals surface area contributed by atoms with E-state index in [0.717, 1.165) is 19.1 Å². The molecule has 2 fully saturated rings. The van der Waals surface area contributed by atoms with Crippen molar-refractivity contribution in [3.05, 3.63) is 28.2 Å². The van der Waals surface area contributed by atoms with Crippen LogP contribution in [0.5, 0.6) is 0 Å². The van der Waals surface area contributed by atoms with Crippen LogP contribution in [-0.2, 0) is 0 Å². The van der Waals surface area contributed by atoms with E-state index in [1.54, 1.807) is 0 Å². The van der Waals surface area contributed by atoms with E-state index in [4.69, 9.17) is 5.73 Å². The van der Waals surface area contributed by atoms with E-state index >= 15 is 0 Å². The predicted molar refractivity (Wildman–Crippen MR) is 88.1 cm³/mol. The van der Waals surface area contributed by atoms with Crippen molar-refractivity contribution in [3.8, 4) is 0 Å². The minimum absolute atomic E-state index is 0.0895. The molecular weight excluding hydrogens is 314 g/mol. The van der Waals surface area contributed by atoms with Crippen LogP contribution in [0.2, 0.25) is 0 Å².